The predicted octanol–water partition coefficient (Wildman–Crippen LogP) is 2.47. The van der Waals surface area contributed by atoms with Crippen molar-refractivity contribution < 1.29 is 22.7 Å². The Labute approximate surface area is 147 Å². The fourth-order valence-corrected chi connectivity index (χ4v) is 4.28. The number of nitrogens with one attached hydrogen (secondary N) is 1. The van der Waals surface area contributed by atoms with Gasteiger partial charge in [-0.05, 0) is 12.1 Å². The van der Waals surface area contributed by atoms with Crippen LogP contribution in [-0.4, -0.2) is 19.5 Å². The van der Waals surface area contributed by atoms with Gasteiger partial charge in [0.2, 0.25) is 10.0 Å². The Morgan fingerprint density at radius 3 is 2.52 bits per heavy atom. The fraction of sp³-hybridized carbons (Fsp3) is 0.0833. The number of hydrogen-bond donors (Lipinski definition) is 5. The first-order valence-corrected chi connectivity index (χ1v) is 8.76. The van der Waals surface area contributed by atoms with E-state index >= 15 is 0 Å². The minimum absolute atomic E-state index is 0.0135. The molecule has 2 rings (SSSR count). The van der Waals surface area contributed by atoms with Crippen LogP contribution in [0.2, 0.25) is 5.02 Å². The summed E-state index contributed by atoms with van der Waals surface area (Å²) in [4.78, 5) is 10.5. The van der Waals surface area contributed by atoms with Crippen molar-refractivity contribution in [1.29, 1.82) is 0 Å². The Morgan fingerprint density at radius 1 is 1.39 bits per heavy atom. The van der Waals surface area contributed by atoms with Gasteiger partial charge in [-0.3, -0.25) is 0 Å². The Kier molecular flexibility index (Phi) is 5.21. The zero-order chi connectivity index (χ0) is 17.4. The third-order valence-electron chi connectivity index (χ3n) is 2.86. The van der Waals surface area contributed by atoms with Gasteiger partial charge in [-0.15, -0.1) is 25.3 Å². The zero-order valence-corrected chi connectivity index (χ0v) is 14.6. The highest BCUT2D eigenvalue weighted by molar-refractivity contribution is 7.90. The lowest BCUT2D eigenvalue weighted by molar-refractivity contribution is 0.0693. The van der Waals surface area contributed by atoms with Crippen LogP contribution < -0.4 is 10.5 Å². The van der Waals surface area contributed by atoms with Crippen molar-refractivity contribution in [1.82, 2.24) is 0 Å². The standard InChI is InChI=1S/C12H11ClN2O5S3/c13-7-10(22)8(15-4-5-2-1-3-20-5)6(12(16)17)9(21)11(7)23(14,18)19/h1-3,15,21-22H,4H2,(H,16,17)(H2,14,18,19). The lowest BCUT2D eigenvalue weighted by Gasteiger charge is -2.17. The number of carboxylic acid groups (broad SMARTS) is 1. The van der Waals surface area contributed by atoms with Crippen molar-refractivity contribution in [2.75, 3.05) is 5.32 Å². The molecule has 124 valence electrons. The van der Waals surface area contributed by atoms with E-state index in [-0.39, 0.29) is 27.0 Å². The molecular formula is C12H11ClN2O5S3. The highest BCUT2D eigenvalue weighted by Gasteiger charge is 2.29. The van der Waals surface area contributed by atoms with Gasteiger partial charge in [0.05, 0.1) is 29.1 Å². The smallest absolute Gasteiger partial charge is 0.339 e. The van der Waals surface area contributed by atoms with Crippen molar-refractivity contribution in [3.63, 3.8) is 0 Å². The number of hydrogen-bond acceptors (Lipinski definition) is 7. The summed E-state index contributed by atoms with van der Waals surface area (Å²) in [5, 5.41) is 17.0. The molecule has 2 aromatic rings. The summed E-state index contributed by atoms with van der Waals surface area (Å²) < 4.78 is 28.4. The van der Waals surface area contributed by atoms with Crippen molar-refractivity contribution in [2.24, 2.45) is 5.14 Å². The highest BCUT2D eigenvalue weighted by Crippen LogP contribution is 2.42. The van der Waals surface area contributed by atoms with Crippen molar-refractivity contribution >= 4 is 58.5 Å². The third kappa shape index (κ3) is 3.61. The minimum atomic E-state index is -4.28. The number of halogens is 1. The first-order valence-electron chi connectivity index (χ1n) is 5.94. The number of primary sulfonamides is 1. The third-order valence-corrected chi connectivity index (χ3v) is 5.51. The summed E-state index contributed by atoms with van der Waals surface area (Å²) in [5.74, 6) is -0.879. The molecule has 0 saturated carbocycles. The van der Waals surface area contributed by atoms with Crippen LogP contribution in [-0.2, 0) is 16.6 Å². The van der Waals surface area contributed by atoms with Gasteiger partial charge in [-0.25, -0.2) is 18.4 Å². The van der Waals surface area contributed by atoms with Gasteiger partial charge in [0.1, 0.15) is 10.7 Å². The average molecular weight is 395 g/mol. The van der Waals surface area contributed by atoms with Crippen molar-refractivity contribution in [3.05, 3.63) is 34.7 Å². The van der Waals surface area contributed by atoms with E-state index in [0.717, 1.165) is 0 Å². The second kappa shape index (κ2) is 6.65. The lowest BCUT2D eigenvalue weighted by atomic mass is 10.1. The van der Waals surface area contributed by atoms with Gasteiger partial charge in [-0.1, -0.05) is 11.6 Å². The zero-order valence-electron chi connectivity index (χ0n) is 11.3. The van der Waals surface area contributed by atoms with Crippen LogP contribution in [0.25, 0.3) is 0 Å². The average Bonchev–Trinajstić information content (AvgIpc) is 2.92. The highest BCUT2D eigenvalue weighted by atomic mass is 35.5. The first-order chi connectivity index (χ1) is 10.6. The van der Waals surface area contributed by atoms with Crippen LogP contribution in [0, 0.1) is 0 Å². The Bertz CT molecular complexity index is 866. The molecule has 7 nitrogen and oxygen atoms in total. The number of carboxylic acids is 1. The number of sulfonamides is 1. The minimum Gasteiger partial charge on any atom is -0.478 e. The van der Waals surface area contributed by atoms with Gasteiger partial charge in [0.25, 0.3) is 0 Å². The second-order valence-electron chi connectivity index (χ2n) is 4.37. The van der Waals surface area contributed by atoms with E-state index in [4.69, 9.17) is 21.2 Å². The van der Waals surface area contributed by atoms with Crippen molar-refractivity contribution in [2.45, 2.75) is 21.2 Å². The summed E-state index contributed by atoms with van der Waals surface area (Å²) in [5.41, 5.74) is -0.391. The van der Waals surface area contributed by atoms with Gasteiger partial charge in [0, 0.05) is 9.79 Å². The first kappa shape index (κ1) is 18.0. The molecule has 1 aromatic carbocycles. The lowest BCUT2D eigenvalue weighted by Crippen LogP contribution is -2.17. The van der Waals surface area contributed by atoms with Crippen LogP contribution in [0.3, 0.4) is 0 Å². The SMILES string of the molecule is NS(=O)(=O)c1c(S)c(C(=O)O)c(NCc2ccco2)c(S)c1Cl. The largest absolute Gasteiger partial charge is 0.478 e. The van der Waals surface area contributed by atoms with Crippen molar-refractivity contribution in [3.8, 4) is 0 Å². The molecule has 23 heavy (non-hydrogen) atoms. The van der Waals surface area contributed by atoms with E-state index < -0.39 is 26.5 Å². The van der Waals surface area contributed by atoms with E-state index in [1.807, 2.05) is 0 Å². The van der Waals surface area contributed by atoms with Crippen LogP contribution in [0.5, 0.6) is 0 Å². The topological polar surface area (TPSA) is 123 Å². The molecule has 0 saturated heterocycles. The van der Waals surface area contributed by atoms with Gasteiger partial charge >= 0.3 is 5.97 Å². The number of nitrogens with two attached hydrogens (primary N) is 1. The van der Waals surface area contributed by atoms with Crippen LogP contribution in [0.15, 0.2) is 37.5 Å². The maximum Gasteiger partial charge on any atom is 0.339 e. The Hall–Kier alpha value is -1.33. The van der Waals surface area contributed by atoms with E-state index in [1.54, 1.807) is 12.1 Å². The number of aromatic carboxylic acids is 1. The number of thiol groups is 2. The summed E-state index contributed by atoms with van der Waals surface area (Å²) in [7, 11) is -4.28. The number of carbonyl (C=O) groups is 1. The molecule has 4 N–H and O–H groups in total. The molecule has 11 heteroatoms. The van der Waals surface area contributed by atoms with E-state index in [9.17, 15) is 18.3 Å². The maximum absolute atomic E-state index is 11.6. The van der Waals surface area contributed by atoms with E-state index in [1.165, 1.54) is 6.26 Å². The number of benzene rings is 1. The normalized spacial score (nSPS) is 11.5. The molecule has 1 aromatic heterocycles. The fourth-order valence-electron chi connectivity index (χ4n) is 1.90. The molecule has 0 aliphatic rings. The summed E-state index contributed by atoms with van der Waals surface area (Å²) in [6.07, 6.45) is 1.46. The monoisotopic (exact) mass is 394 g/mol. The molecular weight excluding hydrogens is 384 g/mol. The summed E-state index contributed by atoms with van der Waals surface area (Å²) in [6.45, 7) is 0.138. The predicted molar refractivity (Wildman–Crippen MR) is 90.3 cm³/mol. The van der Waals surface area contributed by atoms with Crippen LogP contribution in [0.1, 0.15) is 16.1 Å². The molecule has 0 amide bonds. The number of furan rings is 1. The molecule has 0 aliphatic carbocycles. The molecule has 0 radical (unpaired) electrons. The number of anilines is 1. The maximum atomic E-state index is 11.6. The molecule has 0 atom stereocenters. The summed E-state index contributed by atoms with van der Waals surface area (Å²) >= 11 is 14.1. The quantitative estimate of drug-likeness (QED) is 0.496. The van der Waals surface area contributed by atoms with Gasteiger partial charge in [-0.2, -0.15) is 0 Å². The molecule has 0 unspecified atom stereocenters. The van der Waals surface area contributed by atoms with Crippen LogP contribution in [0.4, 0.5) is 5.69 Å². The number of rotatable bonds is 5. The van der Waals surface area contributed by atoms with Crippen LogP contribution >= 0.6 is 36.9 Å². The molecule has 0 spiro atoms. The molecule has 0 aliphatic heterocycles. The molecule has 0 fully saturated rings. The Balaban J connectivity index is 2.64. The van der Waals surface area contributed by atoms with Gasteiger partial charge in [0.15, 0.2) is 0 Å². The summed E-state index contributed by atoms with van der Waals surface area (Å²) in [6, 6.07) is 3.34. The molecule has 0 bridgehead atoms. The van der Waals surface area contributed by atoms with E-state index in [0.29, 0.717) is 5.76 Å². The molecule has 1 heterocycles. The second-order valence-corrected chi connectivity index (χ2v) is 7.14. The van der Waals surface area contributed by atoms with Gasteiger partial charge < -0.3 is 14.8 Å². The van der Waals surface area contributed by atoms with E-state index in [2.05, 4.69) is 30.6 Å². The Morgan fingerprint density at radius 2 is 2.04 bits per heavy atom.